The van der Waals surface area contributed by atoms with E-state index in [9.17, 15) is 14.4 Å². The second-order valence-corrected chi connectivity index (χ2v) is 8.17. The van der Waals surface area contributed by atoms with E-state index in [-0.39, 0.29) is 33.6 Å². The van der Waals surface area contributed by atoms with Gasteiger partial charge in [-0.15, -0.1) is 11.8 Å². The van der Waals surface area contributed by atoms with Crippen LogP contribution in [0.3, 0.4) is 0 Å². The van der Waals surface area contributed by atoms with Crippen molar-refractivity contribution < 1.29 is 14.4 Å². The highest BCUT2D eigenvalue weighted by atomic mass is 35.5. The van der Waals surface area contributed by atoms with E-state index in [0.717, 1.165) is 27.7 Å². The third kappa shape index (κ3) is 3.22. The molecular weight excluding hydrogens is 407 g/mol. The molecule has 0 spiro atoms. The number of para-hydroxylation sites is 1. The van der Waals surface area contributed by atoms with Gasteiger partial charge in [0.05, 0.1) is 26.9 Å². The van der Waals surface area contributed by atoms with Crippen LogP contribution < -0.4 is 4.90 Å². The van der Waals surface area contributed by atoms with Crippen LogP contribution in [0.4, 0.5) is 5.69 Å². The van der Waals surface area contributed by atoms with Crippen molar-refractivity contribution in [3.05, 3.63) is 57.6 Å². The molecule has 2 aliphatic rings. The van der Waals surface area contributed by atoms with Crippen molar-refractivity contribution in [2.24, 2.45) is 0 Å². The Morgan fingerprint density at radius 2 is 1.67 bits per heavy atom. The molecule has 0 aliphatic carbocycles. The average molecular weight is 421 g/mol. The van der Waals surface area contributed by atoms with Gasteiger partial charge in [-0.25, -0.2) is 0 Å². The van der Waals surface area contributed by atoms with Crippen LogP contribution in [0.15, 0.2) is 41.3 Å². The topological polar surface area (TPSA) is 57.7 Å². The van der Waals surface area contributed by atoms with Crippen molar-refractivity contribution in [1.29, 1.82) is 0 Å². The molecule has 27 heavy (non-hydrogen) atoms. The molecule has 0 aromatic heterocycles. The first-order chi connectivity index (χ1) is 13.0. The second kappa shape index (κ2) is 7.19. The summed E-state index contributed by atoms with van der Waals surface area (Å²) in [5.74, 6) is -0.444. The first-order valence-corrected chi connectivity index (χ1v) is 10.1. The number of fused-ring (bicyclic) bond motifs is 2. The molecule has 0 unspecified atom stereocenters. The molecule has 0 atom stereocenters. The molecule has 2 aromatic carbocycles. The van der Waals surface area contributed by atoms with E-state index in [4.69, 9.17) is 23.2 Å². The Balaban J connectivity index is 1.61. The van der Waals surface area contributed by atoms with Gasteiger partial charge < -0.3 is 4.90 Å². The molecule has 2 heterocycles. The summed E-state index contributed by atoms with van der Waals surface area (Å²) in [7, 11) is 0. The largest absolute Gasteiger partial charge is 0.310 e. The lowest BCUT2D eigenvalue weighted by molar-refractivity contribution is -0.119. The molecule has 8 heteroatoms. The molecule has 5 nitrogen and oxygen atoms in total. The molecule has 138 valence electrons. The van der Waals surface area contributed by atoms with Crippen LogP contribution in [0.25, 0.3) is 0 Å². The Morgan fingerprint density at radius 3 is 2.33 bits per heavy atom. The summed E-state index contributed by atoms with van der Waals surface area (Å²) in [5, 5.41) is 0.395. The fraction of sp³-hybridized carbons (Fsp3) is 0.211. The van der Waals surface area contributed by atoms with E-state index in [1.54, 1.807) is 16.7 Å². The molecule has 4 rings (SSSR count). The average Bonchev–Trinajstić information content (AvgIpc) is 2.83. The first-order valence-electron chi connectivity index (χ1n) is 8.35. The van der Waals surface area contributed by atoms with Gasteiger partial charge in [-0.2, -0.15) is 0 Å². The number of carbonyl (C=O) groups is 3. The molecule has 0 N–H and O–H groups in total. The second-order valence-electron chi connectivity index (χ2n) is 6.22. The van der Waals surface area contributed by atoms with E-state index in [2.05, 4.69) is 0 Å². The molecule has 0 radical (unpaired) electrons. The van der Waals surface area contributed by atoms with Crippen molar-refractivity contribution in [3.8, 4) is 0 Å². The molecule has 0 bridgehead atoms. The molecule has 0 saturated heterocycles. The number of nitrogens with zero attached hydrogens (tertiary/aromatic N) is 2. The maximum atomic E-state index is 13.0. The Labute approximate surface area is 170 Å². The summed E-state index contributed by atoms with van der Waals surface area (Å²) >= 11 is 13.6. The van der Waals surface area contributed by atoms with Gasteiger partial charge >= 0.3 is 0 Å². The number of halogens is 2. The summed E-state index contributed by atoms with van der Waals surface area (Å²) < 4.78 is 0. The number of thioether (sulfide) groups is 1. The van der Waals surface area contributed by atoms with Gasteiger partial charge in [0.15, 0.2) is 0 Å². The van der Waals surface area contributed by atoms with Gasteiger partial charge in [-0.3, -0.25) is 19.3 Å². The smallest absolute Gasteiger partial charge is 0.262 e. The number of imide groups is 1. The monoisotopic (exact) mass is 420 g/mol. The van der Waals surface area contributed by atoms with Crippen molar-refractivity contribution >= 4 is 58.4 Å². The third-order valence-corrected chi connectivity index (χ3v) is 6.42. The van der Waals surface area contributed by atoms with Crippen LogP contribution in [-0.2, 0) is 4.79 Å². The molecule has 0 saturated carbocycles. The van der Waals surface area contributed by atoms with E-state index < -0.39 is 11.8 Å². The van der Waals surface area contributed by atoms with Crippen molar-refractivity contribution in [3.63, 3.8) is 0 Å². The lowest BCUT2D eigenvalue weighted by atomic mass is 10.1. The Bertz CT molecular complexity index is 938. The van der Waals surface area contributed by atoms with Crippen LogP contribution in [0.2, 0.25) is 10.0 Å². The lowest BCUT2D eigenvalue weighted by Gasteiger charge is -2.24. The van der Waals surface area contributed by atoms with Gasteiger partial charge in [0.25, 0.3) is 11.8 Å². The SMILES string of the molecule is O=C1c2cc(Cl)c(Cl)cc2C(=O)N1CC(=O)N1CCCSc2ccccc21. The van der Waals surface area contributed by atoms with Crippen molar-refractivity contribution in [2.45, 2.75) is 11.3 Å². The maximum absolute atomic E-state index is 13.0. The number of hydrogen-bond acceptors (Lipinski definition) is 4. The minimum atomic E-state index is -0.528. The summed E-state index contributed by atoms with van der Waals surface area (Å²) in [6, 6.07) is 10.4. The van der Waals surface area contributed by atoms with E-state index in [1.807, 2.05) is 24.3 Å². The van der Waals surface area contributed by atoms with E-state index in [1.165, 1.54) is 12.1 Å². The van der Waals surface area contributed by atoms with Gasteiger partial charge in [0.1, 0.15) is 6.54 Å². The van der Waals surface area contributed by atoms with Gasteiger partial charge in [0, 0.05) is 11.4 Å². The van der Waals surface area contributed by atoms with Crippen molar-refractivity contribution in [1.82, 2.24) is 4.90 Å². The van der Waals surface area contributed by atoms with Gasteiger partial charge in [-0.1, -0.05) is 35.3 Å². The fourth-order valence-electron chi connectivity index (χ4n) is 3.23. The zero-order valence-corrected chi connectivity index (χ0v) is 16.4. The third-order valence-electron chi connectivity index (χ3n) is 4.55. The zero-order valence-electron chi connectivity index (χ0n) is 14.1. The number of anilines is 1. The van der Waals surface area contributed by atoms with Crippen LogP contribution >= 0.6 is 35.0 Å². The molecular formula is C19H14Cl2N2O3S. The Hall–Kier alpha value is -2.02. The molecule has 0 fully saturated rings. The molecule has 3 amide bonds. The van der Waals surface area contributed by atoms with E-state index >= 15 is 0 Å². The minimum absolute atomic E-state index is 0.175. The maximum Gasteiger partial charge on any atom is 0.262 e. The Kier molecular flexibility index (Phi) is 4.88. The summed E-state index contributed by atoms with van der Waals surface area (Å²) in [5.41, 5.74) is 1.16. The summed E-state index contributed by atoms with van der Waals surface area (Å²) in [6.07, 6.45) is 0.832. The van der Waals surface area contributed by atoms with Crippen LogP contribution in [0.5, 0.6) is 0 Å². The normalized spacial score (nSPS) is 16.2. The highest BCUT2D eigenvalue weighted by molar-refractivity contribution is 7.99. The predicted molar refractivity (Wildman–Crippen MR) is 106 cm³/mol. The molecule has 2 aromatic rings. The highest BCUT2D eigenvalue weighted by Gasteiger charge is 2.38. The van der Waals surface area contributed by atoms with Crippen LogP contribution in [0, 0.1) is 0 Å². The van der Waals surface area contributed by atoms with Crippen LogP contribution in [-0.4, -0.2) is 41.5 Å². The molecule has 2 aliphatic heterocycles. The summed E-state index contributed by atoms with van der Waals surface area (Å²) in [6.45, 7) is 0.226. The van der Waals surface area contributed by atoms with E-state index in [0.29, 0.717) is 6.54 Å². The minimum Gasteiger partial charge on any atom is -0.310 e. The quantitative estimate of drug-likeness (QED) is 0.685. The number of amides is 3. The number of carbonyl (C=O) groups excluding carboxylic acids is 3. The van der Waals surface area contributed by atoms with Crippen LogP contribution in [0.1, 0.15) is 27.1 Å². The number of rotatable bonds is 2. The predicted octanol–water partition coefficient (Wildman–Crippen LogP) is 4.12. The van der Waals surface area contributed by atoms with Gasteiger partial charge in [0.2, 0.25) is 5.91 Å². The fourth-order valence-corrected chi connectivity index (χ4v) is 4.56. The Morgan fingerprint density at radius 1 is 1.04 bits per heavy atom. The summed E-state index contributed by atoms with van der Waals surface area (Å²) in [4.78, 5) is 41.9. The zero-order chi connectivity index (χ0) is 19.1. The first kappa shape index (κ1) is 18.3. The van der Waals surface area contributed by atoms with Crippen molar-refractivity contribution in [2.75, 3.05) is 23.7 Å². The standard InChI is InChI=1S/C19H14Cl2N2O3S/c20-13-8-11-12(9-14(13)21)19(26)23(18(11)25)10-17(24)22-6-3-7-27-16-5-2-1-4-15(16)22/h1-2,4-5,8-9H,3,6-7,10H2. The lowest BCUT2D eigenvalue weighted by Crippen LogP contribution is -2.43. The number of hydrogen-bond donors (Lipinski definition) is 0. The number of benzene rings is 2. The highest BCUT2D eigenvalue weighted by Crippen LogP contribution is 2.35. The van der Waals surface area contributed by atoms with Gasteiger partial charge in [-0.05, 0) is 36.4 Å².